The van der Waals surface area contributed by atoms with Crippen LogP contribution in [0.1, 0.15) is 25.7 Å². The van der Waals surface area contributed by atoms with Crippen LogP contribution in [0, 0.1) is 0 Å². The summed E-state index contributed by atoms with van der Waals surface area (Å²) < 4.78 is 2.15. The molecule has 0 atom stereocenters. The molecule has 0 unspecified atom stereocenters. The smallest absolute Gasteiger partial charge is 0.232 e. The van der Waals surface area contributed by atoms with E-state index in [4.69, 9.17) is 5.11 Å². The highest BCUT2D eigenvalue weighted by Gasteiger charge is 2.21. The van der Waals surface area contributed by atoms with E-state index in [1.165, 1.54) is 19.3 Å². The summed E-state index contributed by atoms with van der Waals surface area (Å²) >= 11 is 1.65. The number of hydrogen-bond donors (Lipinski definition) is 1. The monoisotopic (exact) mass is 318 g/mol. The molecule has 1 saturated heterocycles. The van der Waals surface area contributed by atoms with Gasteiger partial charge in [-0.2, -0.15) is 0 Å². The largest absolute Gasteiger partial charge is 0.396 e. The Labute approximate surface area is 135 Å². The highest BCUT2D eigenvalue weighted by Crippen LogP contribution is 2.28. The maximum absolute atomic E-state index is 8.98. The molecule has 1 aliphatic rings. The summed E-state index contributed by atoms with van der Waals surface area (Å²) in [7, 11) is 0. The Bertz CT molecular complexity index is 581. The van der Waals surface area contributed by atoms with Crippen molar-refractivity contribution in [3.63, 3.8) is 0 Å². The Morgan fingerprint density at radius 2 is 1.82 bits per heavy atom. The van der Waals surface area contributed by atoms with E-state index < -0.39 is 0 Å². The number of nitrogens with zero attached hydrogens (tertiary/aromatic N) is 4. The number of aliphatic hydroxyl groups is 1. The first-order valence-corrected chi connectivity index (χ1v) is 8.88. The molecule has 1 aliphatic heterocycles. The first kappa shape index (κ1) is 15.4. The van der Waals surface area contributed by atoms with Crippen LogP contribution < -0.4 is 4.90 Å². The summed E-state index contributed by atoms with van der Waals surface area (Å²) in [4.78, 5) is 2.33. The molecule has 0 aliphatic carbocycles. The van der Waals surface area contributed by atoms with E-state index >= 15 is 0 Å². The van der Waals surface area contributed by atoms with Gasteiger partial charge in [-0.25, -0.2) is 0 Å². The molecule has 0 spiro atoms. The molecule has 1 aromatic carbocycles. The van der Waals surface area contributed by atoms with Gasteiger partial charge >= 0.3 is 0 Å². The van der Waals surface area contributed by atoms with E-state index in [1.807, 2.05) is 18.2 Å². The van der Waals surface area contributed by atoms with Gasteiger partial charge in [-0.1, -0.05) is 30.0 Å². The fraction of sp³-hybridized carbons (Fsp3) is 0.500. The number of benzene rings is 1. The molecule has 2 aromatic rings. The number of anilines is 1. The average Bonchev–Trinajstić information content (AvgIpc) is 3.01. The van der Waals surface area contributed by atoms with Gasteiger partial charge in [0.25, 0.3) is 0 Å². The maximum Gasteiger partial charge on any atom is 0.232 e. The Kier molecular flexibility index (Phi) is 5.34. The number of aromatic nitrogens is 3. The molecule has 0 bridgehead atoms. The SMILES string of the molecule is OCCCSc1nnc(N2CCCCC2)n1-c1ccccc1. The zero-order chi connectivity index (χ0) is 15.2. The van der Waals surface area contributed by atoms with Crippen LogP contribution in [0.2, 0.25) is 0 Å². The fourth-order valence-corrected chi connectivity index (χ4v) is 3.56. The fourth-order valence-electron chi connectivity index (χ4n) is 2.69. The molecular formula is C16H22N4OS. The van der Waals surface area contributed by atoms with Crippen molar-refractivity contribution in [2.24, 2.45) is 0 Å². The van der Waals surface area contributed by atoms with Crippen LogP contribution in [-0.4, -0.2) is 45.3 Å². The van der Waals surface area contributed by atoms with E-state index in [2.05, 4.69) is 31.8 Å². The number of thioether (sulfide) groups is 1. The van der Waals surface area contributed by atoms with Crippen molar-refractivity contribution < 1.29 is 5.11 Å². The second-order valence-electron chi connectivity index (χ2n) is 5.43. The van der Waals surface area contributed by atoms with Crippen LogP contribution in [0.25, 0.3) is 5.69 Å². The van der Waals surface area contributed by atoms with E-state index in [9.17, 15) is 0 Å². The average molecular weight is 318 g/mol. The Balaban J connectivity index is 1.91. The summed E-state index contributed by atoms with van der Waals surface area (Å²) in [5, 5.41) is 18.7. The molecule has 0 saturated carbocycles. The minimum atomic E-state index is 0.214. The quantitative estimate of drug-likeness (QED) is 0.655. The minimum absolute atomic E-state index is 0.214. The molecule has 6 heteroatoms. The van der Waals surface area contributed by atoms with Gasteiger partial charge in [0.15, 0.2) is 5.16 Å². The summed E-state index contributed by atoms with van der Waals surface area (Å²) in [6.45, 7) is 2.31. The highest BCUT2D eigenvalue weighted by molar-refractivity contribution is 7.99. The minimum Gasteiger partial charge on any atom is -0.396 e. The molecular weight excluding hydrogens is 296 g/mol. The van der Waals surface area contributed by atoms with Gasteiger partial charge in [0.2, 0.25) is 5.95 Å². The highest BCUT2D eigenvalue weighted by atomic mass is 32.2. The third-order valence-electron chi connectivity index (χ3n) is 3.80. The molecule has 5 nitrogen and oxygen atoms in total. The predicted octanol–water partition coefficient (Wildman–Crippen LogP) is 2.73. The van der Waals surface area contributed by atoms with E-state index in [1.54, 1.807) is 11.8 Å². The maximum atomic E-state index is 8.98. The Morgan fingerprint density at radius 1 is 1.05 bits per heavy atom. The van der Waals surface area contributed by atoms with Crippen molar-refractivity contribution in [2.45, 2.75) is 30.8 Å². The van der Waals surface area contributed by atoms with Crippen LogP contribution in [0.4, 0.5) is 5.95 Å². The standard InChI is InChI=1S/C16H22N4OS/c21-12-7-13-22-16-18-17-15(19-10-5-2-6-11-19)20(16)14-8-3-1-4-9-14/h1,3-4,8-9,21H,2,5-7,10-13H2. The molecule has 0 radical (unpaired) electrons. The van der Waals surface area contributed by atoms with Gasteiger partial charge in [0.05, 0.1) is 5.69 Å². The second kappa shape index (κ2) is 7.65. The van der Waals surface area contributed by atoms with Crippen LogP contribution >= 0.6 is 11.8 Å². The van der Waals surface area contributed by atoms with E-state index in [0.717, 1.165) is 42.1 Å². The number of para-hydroxylation sites is 1. The predicted molar refractivity (Wildman–Crippen MR) is 89.8 cm³/mol. The van der Waals surface area contributed by atoms with Gasteiger partial charge in [-0.05, 0) is 37.8 Å². The lowest BCUT2D eigenvalue weighted by molar-refractivity contribution is 0.296. The van der Waals surface area contributed by atoms with Crippen LogP contribution in [-0.2, 0) is 0 Å². The summed E-state index contributed by atoms with van der Waals surface area (Å²) in [6.07, 6.45) is 4.50. The summed E-state index contributed by atoms with van der Waals surface area (Å²) in [6, 6.07) is 10.3. The van der Waals surface area contributed by atoms with Crippen LogP contribution in [0.15, 0.2) is 35.5 Å². The summed E-state index contributed by atoms with van der Waals surface area (Å²) in [5.41, 5.74) is 1.10. The Morgan fingerprint density at radius 3 is 2.55 bits per heavy atom. The van der Waals surface area contributed by atoms with Crippen molar-refractivity contribution >= 4 is 17.7 Å². The summed E-state index contributed by atoms with van der Waals surface area (Å²) in [5.74, 6) is 1.79. The lowest BCUT2D eigenvalue weighted by Gasteiger charge is -2.27. The van der Waals surface area contributed by atoms with Gasteiger partial charge in [0, 0.05) is 25.4 Å². The third-order valence-corrected chi connectivity index (χ3v) is 4.82. The molecule has 1 aromatic heterocycles. The number of hydrogen-bond acceptors (Lipinski definition) is 5. The van der Waals surface area contributed by atoms with Crippen molar-refractivity contribution in [2.75, 3.05) is 30.3 Å². The normalized spacial score (nSPS) is 15.2. The molecule has 3 rings (SSSR count). The first-order chi connectivity index (χ1) is 10.9. The first-order valence-electron chi connectivity index (χ1n) is 7.89. The molecule has 1 fully saturated rings. The zero-order valence-electron chi connectivity index (χ0n) is 12.7. The van der Waals surface area contributed by atoms with E-state index in [0.29, 0.717) is 0 Å². The Hall–Kier alpha value is -1.53. The lowest BCUT2D eigenvalue weighted by Crippen LogP contribution is -2.31. The number of piperidine rings is 1. The number of aliphatic hydroxyl groups excluding tert-OH is 1. The van der Waals surface area contributed by atoms with Gasteiger partial charge in [-0.3, -0.25) is 4.57 Å². The molecule has 0 amide bonds. The zero-order valence-corrected chi connectivity index (χ0v) is 13.5. The molecule has 1 N–H and O–H groups in total. The van der Waals surface area contributed by atoms with Gasteiger partial charge in [-0.15, -0.1) is 10.2 Å². The lowest BCUT2D eigenvalue weighted by atomic mass is 10.1. The second-order valence-corrected chi connectivity index (χ2v) is 6.49. The van der Waals surface area contributed by atoms with Crippen molar-refractivity contribution in [1.29, 1.82) is 0 Å². The third kappa shape index (κ3) is 3.44. The van der Waals surface area contributed by atoms with Gasteiger partial charge < -0.3 is 10.0 Å². The molecule has 22 heavy (non-hydrogen) atoms. The molecule has 2 heterocycles. The van der Waals surface area contributed by atoms with Crippen molar-refractivity contribution in [3.05, 3.63) is 30.3 Å². The van der Waals surface area contributed by atoms with Crippen molar-refractivity contribution in [1.82, 2.24) is 14.8 Å². The van der Waals surface area contributed by atoms with Crippen LogP contribution in [0.3, 0.4) is 0 Å². The number of rotatable bonds is 6. The van der Waals surface area contributed by atoms with Crippen LogP contribution in [0.5, 0.6) is 0 Å². The topological polar surface area (TPSA) is 54.2 Å². The van der Waals surface area contributed by atoms with E-state index in [-0.39, 0.29) is 6.61 Å². The van der Waals surface area contributed by atoms with Gasteiger partial charge in [0.1, 0.15) is 0 Å². The van der Waals surface area contributed by atoms with Crippen molar-refractivity contribution in [3.8, 4) is 5.69 Å². The molecule has 118 valence electrons.